The number of nitrogens with two attached hydrogens (primary N) is 2. The van der Waals surface area contributed by atoms with Gasteiger partial charge in [0.05, 0.1) is 12.5 Å². The molecular formula is C23H31N5O8. The van der Waals surface area contributed by atoms with Gasteiger partial charge in [-0.15, -0.1) is 0 Å². The third-order valence-electron chi connectivity index (χ3n) is 5.76. The van der Waals surface area contributed by atoms with Crippen LogP contribution < -0.4 is 22.1 Å². The van der Waals surface area contributed by atoms with Crippen LogP contribution in [-0.2, 0) is 35.2 Å². The van der Waals surface area contributed by atoms with Gasteiger partial charge in [-0.05, 0) is 31.2 Å². The highest BCUT2D eigenvalue weighted by molar-refractivity contribution is 5.96. The minimum absolute atomic E-state index is 0.130. The number of carbonyl (C=O) groups excluding carboxylic acids is 4. The van der Waals surface area contributed by atoms with Crippen molar-refractivity contribution in [1.29, 1.82) is 0 Å². The van der Waals surface area contributed by atoms with Crippen molar-refractivity contribution < 1.29 is 39.0 Å². The number of amides is 4. The maximum absolute atomic E-state index is 13.2. The number of carbonyl (C=O) groups is 6. The number of carboxylic acid groups (broad SMARTS) is 2. The second kappa shape index (κ2) is 13.2. The van der Waals surface area contributed by atoms with Crippen molar-refractivity contribution in [1.82, 2.24) is 15.5 Å². The number of primary amides is 1. The minimum Gasteiger partial charge on any atom is -0.481 e. The lowest BCUT2D eigenvalue weighted by atomic mass is 10.0. The van der Waals surface area contributed by atoms with Crippen molar-refractivity contribution in [3.05, 3.63) is 35.9 Å². The average molecular weight is 506 g/mol. The van der Waals surface area contributed by atoms with Crippen LogP contribution in [-0.4, -0.2) is 81.4 Å². The second-order valence-corrected chi connectivity index (χ2v) is 8.55. The first kappa shape index (κ1) is 28.2. The van der Waals surface area contributed by atoms with Crippen LogP contribution in [0.1, 0.15) is 37.7 Å². The number of nitrogens with one attached hydrogen (secondary N) is 2. The van der Waals surface area contributed by atoms with Crippen LogP contribution >= 0.6 is 0 Å². The molecule has 0 radical (unpaired) electrons. The van der Waals surface area contributed by atoms with Gasteiger partial charge < -0.3 is 37.2 Å². The van der Waals surface area contributed by atoms with Gasteiger partial charge in [0.2, 0.25) is 23.6 Å². The molecule has 0 aliphatic carbocycles. The Kier molecular flexibility index (Phi) is 10.3. The highest BCUT2D eigenvalue weighted by atomic mass is 16.4. The first-order chi connectivity index (χ1) is 17.0. The Hall–Kier alpha value is -4.00. The molecule has 4 amide bonds. The second-order valence-electron chi connectivity index (χ2n) is 8.55. The summed E-state index contributed by atoms with van der Waals surface area (Å²) in [7, 11) is 0. The maximum atomic E-state index is 13.2. The molecule has 2 rings (SSSR count). The van der Waals surface area contributed by atoms with Crippen LogP contribution in [0, 0.1) is 0 Å². The lowest BCUT2D eigenvalue weighted by Crippen LogP contribution is -2.57. The van der Waals surface area contributed by atoms with Gasteiger partial charge in [0.1, 0.15) is 18.1 Å². The van der Waals surface area contributed by atoms with Crippen LogP contribution in [0.5, 0.6) is 0 Å². The van der Waals surface area contributed by atoms with E-state index in [1.165, 1.54) is 0 Å². The highest BCUT2D eigenvalue weighted by Gasteiger charge is 2.39. The van der Waals surface area contributed by atoms with Crippen LogP contribution in [0.3, 0.4) is 0 Å². The summed E-state index contributed by atoms with van der Waals surface area (Å²) in [5.74, 6) is -5.67. The Morgan fingerprint density at radius 3 is 2.28 bits per heavy atom. The van der Waals surface area contributed by atoms with Crippen LogP contribution in [0.15, 0.2) is 30.3 Å². The van der Waals surface area contributed by atoms with E-state index in [1.807, 2.05) is 6.07 Å². The van der Waals surface area contributed by atoms with Gasteiger partial charge in [0.25, 0.3) is 0 Å². The molecule has 0 spiro atoms. The number of hydrogen-bond donors (Lipinski definition) is 6. The van der Waals surface area contributed by atoms with Gasteiger partial charge in [0.15, 0.2) is 0 Å². The topological polar surface area (TPSA) is 222 Å². The molecule has 13 nitrogen and oxygen atoms in total. The van der Waals surface area contributed by atoms with Crippen LogP contribution in [0.25, 0.3) is 0 Å². The van der Waals surface area contributed by atoms with Gasteiger partial charge >= 0.3 is 11.9 Å². The summed E-state index contributed by atoms with van der Waals surface area (Å²) >= 11 is 0. The van der Waals surface area contributed by atoms with Gasteiger partial charge in [-0.1, -0.05) is 30.3 Å². The zero-order chi connectivity index (χ0) is 26.8. The predicted molar refractivity (Wildman–Crippen MR) is 125 cm³/mol. The van der Waals surface area contributed by atoms with E-state index in [4.69, 9.17) is 16.6 Å². The standard InChI is InChI=1S/C23H31N5O8/c24-14(11-13-5-2-1-3-6-13)20(32)27-16(12-18(25)29)22(34)28-10-4-7-17(28)21(33)26-15(23(35)36)8-9-19(30)31/h1-3,5-6,14-17H,4,7-12,24H2,(H2,25,29)(H,26,33)(H,27,32)(H,30,31)(H,35,36). The number of carboxylic acids is 2. The number of nitrogens with zero attached hydrogens (tertiary/aromatic N) is 1. The fourth-order valence-electron chi connectivity index (χ4n) is 3.94. The molecule has 1 fully saturated rings. The molecule has 1 aromatic carbocycles. The number of likely N-dealkylation sites (tertiary alicyclic amines) is 1. The van der Waals surface area contributed by atoms with E-state index < -0.39 is 72.6 Å². The fourth-order valence-corrected chi connectivity index (χ4v) is 3.94. The number of hydrogen-bond acceptors (Lipinski definition) is 7. The van der Waals surface area contributed by atoms with Gasteiger partial charge in [0, 0.05) is 13.0 Å². The molecule has 0 aromatic heterocycles. The molecular weight excluding hydrogens is 474 g/mol. The molecule has 36 heavy (non-hydrogen) atoms. The smallest absolute Gasteiger partial charge is 0.326 e. The molecule has 4 unspecified atom stereocenters. The van der Waals surface area contributed by atoms with Gasteiger partial charge in [-0.25, -0.2) is 4.79 Å². The molecule has 0 bridgehead atoms. The lowest BCUT2D eigenvalue weighted by Gasteiger charge is -2.29. The summed E-state index contributed by atoms with van der Waals surface area (Å²) in [5.41, 5.74) is 12.0. The van der Waals surface area contributed by atoms with Crippen LogP contribution in [0.2, 0.25) is 0 Å². The molecule has 13 heteroatoms. The van der Waals surface area contributed by atoms with Crippen molar-refractivity contribution in [3.8, 4) is 0 Å². The molecule has 4 atom stereocenters. The summed E-state index contributed by atoms with van der Waals surface area (Å²) in [5, 5.41) is 22.8. The predicted octanol–water partition coefficient (Wildman–Crippen LogP) is -1.66. The quantitative estimate of drug-likeness (QED) is 0.180. The lowest BCUT2D eigenvalue weighted by molar-refractivity contribution is -0.146. The van der Waals surface area contributed by atoms with E-state index >= 15 is 0 Å². The summed E-state index contributed by atoms with van der Waals surface area (Å²) < 4.78 is 0. The Labute approximate surface area is 207 Å². The number of rotatable bonds is 13. The maximum Gasteiger partial charge on any atom is 0.326 e. The van der Waals surface area contributed by atoms with Crippen molar-refractivity contribution in [3.63, 3.8) is 0 Å². The average Bonchev–Trinajstić information content (AvgIpc) is 3.30. The number of benzene rings is 1. The monoisotopic (exact) mass is 505 g/mol. The third-order valence-corrected chi connectivity index (χ3v) is 5.76. The third kappa shape index (κ3) is 8.34. The van der Waals surface area contributed by atoms with Crippen molar-refractivity contribution in [2.45, 2.75) is 62.7 Å². The molecule has 1 saturated heterocycles. The summed E-state index contributed by atoms with van der Waals surface area (Å²) in [6.07, 6.45) is -0.512. The van der Waals surface area contributed by atoms with E-state index in [1.54, 1.807) is 24.3 Å². The van der Waals surface area contributed by atoms with Gasteiger partial charge in [-0.3, -0.25) is 24.0 Å². The molecule has 1 heterocycles. The molecule has 196 valence electrons. The van der Waals surface area contributed by atoms with Crippen molar-refractivity contribution >= 4 is 35.6 Å². The van der Waals surface area contributed by atoms with E-state index in [-0.39, 0.29) is 25.8 Å². The first-order valence-electron chi connectivity index (χ1n) is 11.4. The summed E-state index contributed by atoms with van der Waals surface area (Å²) in [6, 6.07) is 4.05. The summed E-state index contributed by atoms with van der Waals surface area (Å²) in [4.78, 5) is 73.7. The summed E-state index contributed by atoms with van der Waals surface area (Å²) in [6.45, 7) is 0.130. The minimum atomic E-state index is -1.46. The first-order valence-corrected chi connectivity index (χ1v) is 11.4. The van der Waals surface area contributed by atoms with Crippen LogP contribution in [0.4, 0.5) is 0 Å². The zero-order valence-corrected chi connectivity index (χ0v) is 19.6. The number of aliphatic carboxylic acids is 2. The molecule has 1 aromatic rings. The Morgan fingerprint density at radius 2 is 1.69 bits per heavy atom. The SMILES string of the molecule is NC(=O)CC(NC(=O)C(N)Cc1ccccc1)C(=O)N1CCCC1C(=O)NC(CCC(=O)O)C(=O)O. The van der Waals surface area contributed by atoms with E-state index in [2.05, 4.69) is 10.6 Å². The largest absolute Gasteiger partial charge is 0.481 e. The Morgan fingerprint density at radius 1 is 1.03 bits per heavy atom. The Bertz CT molecular complexity index is 986. The Balaban J connectivity index is 2.10. The van der Waals surface area contributed by atoms with E-state index in [0.29, 0.717) is 6.42 Å². The molecule has 8 N–H and O–H groups in total. The van der Waals surface area contributed by atoms with Gasteiger partial charge in [-0.2, -0.15) is 0 Å². The normalized spacial score (nSPS) is 17.5. The van der Waals surface area contributed by atoms with Crippen molar-refractivity contribution in [2.24, 2.45) is 11.5 Å². The van der Waals surface area contributed by atoms with E-state index in [0.717, 1.165) is 10.5 Å². The fraction of sp³-hybridized carbons (Fsp3) is 0.478. The zero-order valence-electron chi connectivity index (χ0n) is 19.6. The molecule has 1 aliphatic heterocycles. The van der Waals surface area contributed by atoms with Crippen molar-refractivity contribution in [2.75, 3.05) is 6.54 Å². The molecule has 1 aliphatic rings. The van der Waals surface area contributed by atoms with E-state index in [9.17, 15) is 33.9 Å². The molecule has 0 saturated carbocycles. The highest BCUT2D eigenvalue weighted by Crippen LogP contribution is 2.20.